The molecule has 0 aromatic rings. The fourth-order valence-electron chi connectivity index (χ4n) is 1.72. The van der Waals surface area contributed by atoms with Gasteiger partial charge in [0.05, 0.1) is 0 Å². The topological polar surface area (TPSA) is 72.4 Å². The quantitative estimate of drug-likeness (QED) is 0.134. The van der Waals surface area contributed by atoms with Crippen molar-refractivity contribution in [2.24, 2.45) is 0 Å². The Labute approximate surface area is 193 Å². The molecule has 0 saturated carbocycles. The van der Waals surface area contributed by atoms with Crippen LogP contribution >= 0.6 is 22.6 Å². The molecule has 18 heteroatoms. The summed E-state index contributed by atoms with van der Waals surface area (Å²) in [6.45, 7) is 0.263. The minimum Gasteiger partial charge on any atom is -0.854 e. The summed E-state index contributed by atoms with van der Waals surface area (Å²) in [6, 6.07) is 0. The van der Waals surface area contributed by atoms with Crippen LogP contribution in [-0.4, -0.2) is 91.4 Å². The first-order valence-electron chi connectivity index (χ1n) is 7.91. The van der Waals surface area contributed by atoms with Crippen LogP contribution in [-0.2, 0) is 0 Å². The minimum absolute atomic E-state index is 0. The summed E-state index contributed by atoms with van der Waals surface area (Å²) in [5.41, 5.74) is 0. The van der Waals surface area contributed by atoms with E-state index in [2.05, 4.69) is 0 Å². The van der Waals surface area contributed by atoms with E-state index in [-0.39, 0.29) is 35.2 Å². The summed E-state index contributed by atoms with van der Waals surface area (Å²) < 4.78 is 151. The molecule has 0 heterocycles. The third-order valence-electron chi connectivity index (χ3n) is 3.50. The molecule has 32 heavy (non-hydrogen) atoms. The first kappa shape index (κ1) is 36.5. The molecule has 0 amide bonds. The average molecular weight is 629 g/mol. The van der Waals surface area contributed by atoms with Gasteiger partial charge in [-0.1, -0.05) is 6.42 Å². The smallest absolute Gasteiger partial charge is 0.854 e. The van der Waals surface area contributed by atoms with Crippen LogP contribution in [0.2, 0.25) is 0 Å². The molecule has 0 unspecified atom stereocenters. The summed E-state index contributed by atoms with van der Waals surface area (Å²) in [5, 5.41) is 30.1. The van der Waals surface area contributed by atoms with Gasteiger partial charge in [0.2, 0.25) is 0 Å². The van der Waals surface area contributed by atoms with Gasteiger partial charge < -0.3 is 42.8 Å². The van der Waals surface area contributed by atoms with Crippen LogP contribution in [0.25, 0.3) is 0 Å². The Kier molecular flexibility index (Phi) is 16.4. The molecule has 0 bridgehead atoms. The Hall–Kier alpha value is -0.0531. The van der Waals surface area contributed by atoms with Crippen molar-refractivity contribution in [3.63, 3.8) is 0 Å². The molecular weight excluding hydrogens is 613 g/mol. The van der Waals surface area contributed by atoms with Crippen molar-refractivity contribution in [1.29, 1.82) is 0 Å². The Balaban J connectivity index is -0.000000646. The van der Waals surface area contributed by atoms with Crippen LogP contribution in [0.1, 0.15) is 6.42 Å². The standard InChI is InChI=1S/C8H4F12I.C6H12NO3.Si/c9-3(10)5(13,14)7(17,18)8(19,20)6(15,16)4(11,12)1-2-21;8-4-1-7(2-5-9)3-6-10;/h2-3H,1H2;1-6H2;/q-1;-3;+4. The van der Waals surface area contributed by atoms with Crippen LogP contribution < -0.4 is 15.3 Å². The van der Waals surface area contributed by atoms with Gasteiger partial charge in [-0.2, -0.15) is 35.1 Å². The van der Waals surface area contributed by atoms with Crippen molar-refractivity contribution in [3.8, 4) is 0 Å². The van der Waals surface area contributed by atoms with E-state index < -0.39 is 42.5 Å². The number of hydrogen-bond acceptors (Lipinski definition) is 4. The maximum Gasteiger partial charge on any atom is 4.00 e. The van der Waals surface area contributed by atoms with E-state index in [0.29, 0.717) is 19.6 Å². The van der Waals surface area contributed by atoms with Crippen molar-refractivity contribution >= 4 is 33.6 Å². The summed E-state index contributed by atoms with van der Waals surface area (Å²) in [7, 11) is 0. The summed E-state index contributed by atoms with van der Waals surface area (Å²) in [5.74, 6) is -34.6. The van der Waals surface area contributed by atoms with E-state index in [1.54, 1.807) is 4.90 Å². The molecule has 0 aliphatic rings. The second kappa shape index (κ2) is 14.4. The molecule has 0 saturated heterocycles. The molecular formula is C14H16F12INO3Si. The van der Waals surface area contributed by atoms with Gasteiger partial charge in [-0.3, -0.25) is 4.43 Å². The van der Waals surface area contributed by atoms with Gasteiger partial charge in [0.25, 0.3) is 5.92 Å². The number of nitrogens with zero attached hydrogens (tertiary/aromatic N) is 1. The van der Waals surface area contributed by atoms with E-state index in [0.717, 1.165) is 22.6 Å². The Morgan fingerprint density at radius 1 is 0.688 bits per heavy atom. The minimum atomic E-state index is -7.43. The number of alkyl halides is 12. The monoisotopic (exact) mass is 629 g/mol. The molecule has 0 fully saturated rings. The largest absolute Gasteiger partial charge is 4.00 e. The van der Waals surface area contributed by atoms with Crippen molar-refractivity contribution in [3.05, 3.63) is 4.43 Å². The number of halogens is 13. The zero-order valence-electron chi connectivity index (χ0n) is 15.7. The van der Waals surface area contributed by atoms with Gasteiger partial charge in [-0.05, 0) is 19.6 Å². The Morgan fingerprint density at radius 3 is 1.28 bits per heavy atom. The van der Waals surface area contributed by atoms with Gasteiger partial charge >= 0.3 is 41.1 Å². The predicted molar refractivity (Wildman–Crippen MR) is 90.5 cm³/mol. The molecule has 0 aliphatic heterocycles. The summed E-state index contributed by atoms with van der Waals surface area (Å²) in [6.07, 6.45) is -7.65. The van der Waals surface area contributed by atoms with Crippen molar-refractivity contribution in [2.75, 3.05) is 39.5 Å². The van der Waals surface area contributed by atoms with Crippen LogP contribution in [0.3, 0.4) is 0 Å². The molecule has 190 valence electrons. The first-order valence-corrected chi connectivity index (χ1v) is 9.16. The molecule has 0 aromatic heterocycles. The molecule has 4 nitrogen and oxygen atoms in total. The van der Waals surface area contributed by atoms with E-state index in [1.807, 2.05) is 0 Å². The number of rotatable bonds is 13. The second-order valence-electron chi connectivity index (χ2n) is 5.66. The fraction of sp³-hybridized carbons (Fsp3) is 0.929. The first-order chi connectivity index (χ1) is 13.9. The Bertz CT molecular complexity index is 503. The van der Waals surface area contributed by atoms with E-state index in [9.17, 15) is 68.0 Å². The molecule has 0 atom stereocenters. The van der Waals surface area contributed by atoms with Crippen molar-refractivity contribution < 1.29 is 68.0 Å². The average Bonchev–Trinajstić information content (AvgIpc) is 2.62. The molecule has 0 spiro atoms. The van der Waals surface area contributed by atoms with Gasteiger partial charge in [0.1, 0.15) is 0 Å². The zero-order chi connectivity index (χ0) is 25.3. The Morgan fingerprint density at radius 2 is 1.03 bits per heavy atom. The third kappa shape index (κ3) is 8.31. The van der Waals surface area contributed by atoms with E-state index in [1.165, 1.54) is 0 Å². The van der Waals surface area contributed by atoms with Crippen LogP contribution in [0.15, 0.2) is 0 Å². The molecule has 0 rings (SSSR count). The number of hydrogen-bond donors (Lipinski definition) is 0. The van der Waals surface area contributed by atoms with E-state index in [4.69, 9.17) is 0 Å². The van der Waals surface area contributed by atoms with Crippen LogP contribution in [0.5, 0.6) is 0 Å². The van der Waals surface area contributed by atoms with Gasteiger partial charge in [-0.25, -0.2) is 17.6 Å². The molecule has 0 aromatic carbocycles. The zero-order valence-corrected chi connectivity index (χ0v) is 18.8. The van der Waals surface area contributed by atoms with Crippen molar-refractivity contribution in [1.82, 2.24) is 4.90 Å². The van der Waals surface area contributed by atoms with E-state index >= 15 is 0 Å². The summed E-state index contributed by atoms with van der Waals surface area (Å²) in [4.78, 5) is 1.60. The summed E-state index contributed by atoms with van der Waals surface area (Å²) >= 11 is 0.890. The molecule has 0 radical (unpaired) electrons. The molecule has 0 aliphatic carbocycles. The van der Waals surface area contributed by atoms with Gasteiger partial charge in [0, 0.05) is 0 Å². The predicted octanol–water partition coefficient (Wildman–Crippen LogP) is 1.40. The SMILES string of the molecule is FC(F)C(F)(F)C(F)(F)C(F)(F)C(F)(F)C(F)(F)C[CH-]I.[O-]CCN(CC[O-])CC[O-].[Si+4]. The van der Waals surface area contributed by atoms with Crippen molar-refractivity contribution in [2.45, 2.75) is 42.5 Å². The molecule has 0 N–H and O–H groups in total. The van der Waals surface area contributed by atoms with Gasteiger partial charge in [-0.15, -0.1) is 19.8 Å². The maximum atomic E-state index is 12.9. The van der Waals surface area contributed by atoms with Crippen LogP contribution in [0.4, 0.5) is 52.7 Å². The third-order valence-corrected chi connectivity index (χ3v) is 3.94. The normalized spacial score (nSPS) is 13.7. The van der Waals surface area contributed by atoms with Crippen LogP contribution in [0, 0.1) is 4.43 Å². The van der Waals surface area contributed by atoms with Gasteiger partial charge in [0.15, 0.2) is 0 Å². The fourth-order valence-corrected chi connectivity index (χ4v) is 2.27. The second-order valence-corrected chi connectivity index (χ2v) is 6.54. The maximum absolute atomic E-state index is 12.9.